The first-order valence-electron chi connectivity index (χ1n) is 7.19. The van der Waals surface area contributed by atoms with E-state index in [0.29, 0.717) is 18.4 Å². The summed E-state index contributed by atoms with van der Waals surface area (Å²) in [6.07, 6.45) is 7.46. The summed E-state index contributed by atoms with van der Waals surface area (Å²) in [5.41, 5.74) is 0. The molecule has 1 amide bonds. The summed E-state index contributed by atoms with van der Waals surface area (Å²) >= 11 is 5.29. The number of carbonyl (C=O) groups excluding carboxylic acids is 1. The number of piperidine rings is 1. The summed E-state index contributed by atoms with van der Waals surface area (Å²) in [4.78, 5) is 15.9. The van der Waals surface area contributed by atoms with E-state index < -0.39 is 0 Å². The average molecular weight is 344 g/mol. The summed E-state index contributed by atoms with van der Waals surface area (Å²) in [6, 6.07) is 4.71. The number of amides is 1. The molecular weight excluding hydrogens is 322 g/mol. The maximum Gasteiger partial charge on any atom is 0.222 e. The molecular formula is C15H22BrNOS. The van der Waals surface area contributed by atoms with Gasteiger partial charge in [0.05, 0.1) is 0 Å². The standard InChI is InChI=1S/C15H22BrNOS/c16-10-9-13-5-1-2-11-17(13)15(18)8-3-6-14-7-4-12-19-14/h4,7,12-13H,1-3,5-6,8-11H2. The number of hydrogen-bond donors (Lipinski definition) is 0. The lowest BCUT2D eigenvalue weighted by Crippen LogP contribution is -2.43. The molecule has 1 aromatic rings. The van der Waals surface area contributed by atoms with Crippen LogP contribution in [0.15, 0.2) is 17.5 Å². The van der Waals surface area contributed by atoms with Crippen molar-refractivity contribution in [2.75, 3.05) is 11.9 Å². The van der Waals surface area contributed by atoms with Crippen LogP contribution in [0.2, 0.25) is 0 Å². The Morgan fingerprint density at radius 2 is 2.37 bits per heavy atom. The quantitative estimate of drug-likeness (QED) is 0.707. The van der Waals surface area contributed by atoms with Crippen molar-refractivity contribution in [3.8, 4) is 0 Å². The van der Waals surface area contributed by atoms with Gasteiger partial charge in [-0.15, -0.1) is 11.3 Å². The van der Waals surface area contributed by atoms with Crippen molar-refractivity contribution in [2.45, 2.75) is 51.0 Å². The summed E-state index contributed by atoms with van der Waals surface area (Å²) in [7, 11) is 0. The molecule has 0 aliphatic carbocycles. The second kappa shape index (κ2) is 8.05. The highest BCUT2D eigenvalue weighted by atomic mass is 79.9. The molecule has 1 atom stereocenters. The van der Waals surface area contributed by atoms with Gasteiger partial charge in [-0.25, -0.2) is 0 Å². The van der Waals surface area contributed by atoms with Crippen LogP contribution >= 0.6 is 27.3 Å². The Morgan fingerprint density at radius 1 is 1.47 bits per heavy atom. The number of carbonyl (C=O) groups is 1. The molecule has 106 valence electrons. The molecule has 1 aliphatic rings. The van der Waals surface area contributed by atoms with Gasteiger partial charge >= 0.3 is 0 Å². The number of halogens is 1. The molecule has 1 aliphatic heterocycles. The molecule has 0 saturated carbocycles. The molecule has 1 fully saturated rings. The Hall–Kier alpha value is -0.350. The molecule has 19 heavy (non-hydrogen) atoms. The number of nitrogens with zero attached hydrogens (tertiary/aromatic N) is 1. The van der Waals surface area contributed by atoms with Crippen molar-refractivity contribution in [3.05, 3.63) is 22.4 Å². The summed E-state index contributed by atoms with van der Waals surface area (Å²) in [5, 5.41) is 3.10. The van der Waals surface area contributed by atoms with E-state index in [1.165, 1.54) is 24.1 Å². The third kappa shape index (κ3) is 4.60. The largest absolute Gasteiger partial charge is 0.340 e. The summed E-state index contributed by atoms with van der Waals surface area (Å²) < 4.78 is 0. The van der Waals surface area contributed by atoms with Crippen molar-refractivity contribution in [3.63, 3.8) is 0 Å². The second-order valence-corrected chi connectivity index (χ2v) is 6.97. The van der Waals surface area contributed by atoms with Gasteiger partial charge in [-0.05, 0) is 50.0 Å². The highest BCUT2D eigenvalue weighted by Gasteiger charge is 2.25. The van der Waals surface area contributed by atoms with E-state index in [1.807, 2.05) is 0 Å². The topological polar surface area (TPSA) is 20.3 Å². The van der Waals surface area contributed by atoms with Crippen molar-refractivity contribution in [2.24, 2.45) is 0 Å². The van der Waals surface area contributed by atoms with Crippen LogP contribution in [0, 0.1) is 0 Å². The average Bonchev–Trinajstić information content (AvgIpc) is 2.93. The van der Waals surface area contributed by atoms with E-state index >= 15 is 0 Å². The monoisotopic (exact) mass is 343 g/mol. The predicted octanol–water partition coefficient (Wildman–Crippen LogP) is 4.24. The lowest BCUT2D eigenvalue weighted by atomic mass is 9.99. The second-order valence-electron chi connectivity index (χ2n) is 5.15. The highest BCUT2D eigenvalue weighted by molar-refractivity contribution is 9.09. The first-order chi connectivity index (χ1) is 9.31. The van der Waals surface area contributed by atoms with E-state index in [1.54, 1.807) is 11.3 Å². The predicted molar refractivity (Wildman–Crippen MR) is 85.0 cm³/mol. The molecule has 0 aromatic carbocycles. The molecule has 2 rings (SSSR count). The molecule has 1 unspecified atom stereocenters. The molecule has 4 heteroatoms. The van der Waals surface area contributed by atoms with E-state index in [4.69, 9.17) is 0 Å². The lowest BCUT2D eigenvalue weighted by molar-refractivity contribution is -0.135. The van der Waals surface area contributed by atoms with E-state index in [-0.39, 0.29) is 0 Å². The first-order valence-corrected chi connectivity index (χ1v) is 9.19. The van der Waals surface area contributed by atoms with Gasteiger partial charge in [0.2, 0.25) is 5.91 Å². The van der Waals surface area contributed by atoms with E-state index in [2.05, 4.69) is 38.3 Å². The third-order valence-corrected chi connectivity index (χ3v) is 5.18. The van der Waals surface area contributed by atoms with Crippen LogP contribution in [0.3, 0.4) is 0 Å². The Bertz CT molecular complexity index is 378. The van der Waals surface area contributed by atoms with Crippen LogP contribution < -0.4 is 0 Å². The molecule has 0 radical (unpaired) electrons. The molecule has 0 N–H and O–H groups in total. The Balaban J connectivity index is 1.77. The minimum Gasteiger partial charge on any atom is -0.340 e. The number of aryl methyl sites for hydroxylation is 1. The first kappa shape index (κ1) is 15.0. The smallest absolute Gasteiger partial charge is 0.222 e. The van der Waals surface area contributed by atoms with Crippen molar-refractivity contribution >= 4 is 33.2 Å². The number of alkyl halides is 1. The SMILES string of the molecule is O=C(CCCc1cccs1)N1CCCCC1CCBr. The van der Waals surface area contributed by atoms with Gasteiger partial charge in [0.1, 0.15) is 0 Å². The van der Waals surface area contributed by atoms with Gasteiger partial charge in [0.15, 0.2) is 0 Å². The molecule has 2 nitrogen and oxygen atoms in total. The summed E-state index contributed by atoms with van der Waals surface area (Å²) in [6.45, 7) is 0.968. The fourth-order valence-corrected chi connectivity index (χ4v) is 4.05. The highest BCUT2D eigenvalue weighted by Crippen LogP contribution is 2.22. The van der Waals surface area contributed by atoms with Crippen LogP contribution in [0.5, 0.6) is 0 Å². The van der Waals surface area contributed by atoms with Crippen LogP contribution in [-0.2, 0) is 11.2 Å². The Morgan fingerprint density at radius 3 is 3.11 bits per heavy atom. The van der Waals surface area contributed by atoms with Crippen LogP contribution in [0.1, 0.15) is 43.4 Å². The van der Waals surface area contributed by atoms with Gasteiger partial charge < -0.3 is 4.90 Å². The minimum absolute atomic E-state index is 0.363. The zero-order valence-electron chi connectivity index (χ0n) is 11.3. The fraction of sp³-hybridized carbons (Fsp3) is 0.667. The normalized spacial score (nSPS) is 19.6. The number of thiophene rings is 1. The van der Waals surface area contributed by atoms with Crippen molar-refractivity contribution in [1.29, 1.82) is 0 Å². The molecule has 2 heterocycles. The number of hydrogen-bond acceptors (Lipinski definition) is 2. The number of likely N-dealkylation sites (tertiary alicyclic amines) is 1. The zero-order valence-corrected chi connectivity index (χ0v) is 13.7. The minimum atomic E-state index is 0.363. The lowest BCUT2D eigenvalue weighted by Gasteiger charge is -2.35. The van der Waals surface area contributed by atoms with Crippen molar-refractivity contribution < 1.29 is 4.79 Å². The van der Waals surface area contributed by atoms with Crippen LogP contribution in [0.4, 0.5) is 0 Å². The van der Waals surface area contributed by atoms with Gasteiger partial charge in [-0.3, -0.25) is 4.79 Å². The van der Waals surface area contributed by atoms with Gasteiger partial charge in [0, 0.05) is 29.2 Å². The third-order valence-electron chi connectivity index (χ3n) is 3.78. The zero-order chi connectivity index (χ0) is 13.5. The number of rotatable bonds is 6. The van der Waals surface area contributed by atoms with Crippen molar-refractivity contribution in [1.82, 2.24) is 4.90 Å². The maximum absolute atomic E-state index is 12.3. The van der Waals surface area contributed by atoms with E-state index in [9.17, 15) is 4.79 Å². The summed E-state index contributed by atoms with van der Waals surface area (Å²) in [5.74, 6) is 0.363. The maximum atomic E-state index is 12.3. The molecule has 1 aromatic heterocycles. The van der Waals surface area contributed by atoms with Gasteiger partial charge in [-0.1, -0.05) is 22.0 Å². The van der Waals surface area contributed by atoms with E-state index in [0.717, 1.165) is 31.1 Å². The molecule has 0 spiro atoms. The Labute approximate surface area is 128 Å². The van der Waals surface area contributed by atoms with Crippen LogP contribution in [0.25, 0.3) is 0 Å². The Kier molecular flexibility index (Phi) is 6.38. The van der Waals surface area contributed by atoms with Gasteiger partial charge in [0.25, 0.3) is 0 Å². The molecule has 0 bridgehead atoms. The van der Waals surface area contributed by atoms with Crippen LogP contribution in [-0.4, -0.2) is 28.7 Å². The molecule has 1 saturated heterocycles. The fourth-order valence-electron chi connectivity index (χ4n) is 2.77. The van der Waals surface area contributed by atoms with Gasteiger partial charge in [-0.2, -0.15) is 0 Å².